The number of fused-ring (bicyclic) bond motifs is 1. The highest BCUT2D eigenvalue weighted by Gasteiger charge is 2.16. The van der Waals surface area contributed by atoms with Crippen molar-refractivity contribution in [2.45, 2.75) is 13.0 Å². The monoisotopic (exact) mass is 219 g/mol. The molecule has 4 nitrogen and oxygen atoms in total. The van der Waals surface area contributed by atoms with Crippen molar-refractivity contribution >= 4 is 0 Å². The predicted molar refractivity (Wildman–Crippen MR) is 57.4 cm³/mol. The number of nitrogens with zero attached hydrogens (tertiary/aromatic N) is 1. The molecule has 1 aromatic carbocycles. The summed E-state index contributed by atoms with van der Waals surface area (Å²) < 4.78 is 16.2. The van der Waals surface area contributed by atoms with Gasteiger partial charge in [0.05, 0.1) is 6.07 Å². The Hall–Kier alpha value is -1.73. The topological polar surface area (TPSA) is 51.5 Å². The second-order valence-electron chi connectivity index (χ2n) is 3.37. The van der Waals surface area contributed by atoms with Gasteiger partial charge in [0.1, 0.15) is 13.2 Å². The Labute approximate surface area is 94.3 Å². The molecule has 1 atom stereocenters. The minimum atomic E-state index is -0.541. The fraction of sp³-hybridized carbons (Fsp3) is 0.417. The van der Waals surface area contributed by atoms with Crippen LogP contribution < -0.4 is 9.47 Å². The Morgan fingerprint density at radius 2 is 2.12 bits per heavy atom. The molecule has 0 N–H and O–H groups in total. The molecule has 1 aromatic rings. The maximum atomic E-state index is 8.97. The van der Waals surface area contributed by atoms with E-state index in [9.17, 15) is 0 Å². The molecule has 0 spiro atoms. The lowest BCUT2D eigenvalue weighted by atomic mass is 10.1. The molecule has 4 heteroatoms. The van der Waals surface area contributed by atoms with Crippen LogP contribution in [0.25, 0.3) is 0 Å². The van der Waals surface area contributed by atoms with E-state index in [1.54, 1.807) is 6.07 Å². The molecule has 1 heterocycles. The van der Waals surface area contributed by atoms with E-state index in [4.69, 9.17) is 19.5 Å². The second-order valence-corrected chi connectivity index (χ2v) is 3.37. The van der Waals surface area contributed by atoms with Gasteiger partial charge in [0.15, 0.2) is 17.6 Å². The van der Waals surface area contributed by atoms with Crippen molar-refractivity contribution < 1.29 is 14.2 Å². The summed E-state index contributed by atoms with van der Waals surface area (Å²) in [5.74, 6) is 1.41. The Morgan fingerprint density at radius 1 is 1.38 bits per heavy atom. The normalized spacial score (nSPS) is 15.2. The molecule has 0 saturated carbocycles. The quantitative estimate of drug-likeness (QED) is 0.780. The zero-order valence-electron chi connectivity index (χ0n) is 9.10. The Bertz CT molecular complexity index is 411. The summed E-state index contributed by atoms with van der Waals surface area (Å²) in [5, 5.41) is 8.97. The molecular weight excluding hydrogens is 206 g/mol. The van der Waals surface area contributed by atoms with Crippen LogP contribution in [-0.2, 0) is 4.74 Å². The number of benzene rings is 1. The Morgan fingerprint density at radius 3 is 2.81 bits per heavy atom. The number of ether oxygens (including phenoxy) is 3. The molecular formula is C12H13NO3. The summed E-state index contributed by atoms with van der Waals surface area (Å²) >= 11 is 0. The van der Waals surface area contributed by atoms with E-state index in [0.717, 1.165) is 11.3 Å². The first-order valence-corrected chi connectivity index (χ1v) is 5.26. The summed E-state index contributed by atoms with van der Waals surface area (Å²) in [6.07, 6.45) is -0.541. The standard InChI is InChI=1S/C12H13NO3/c1-2-14-12(8-13)9-3-4-10-11(7-9)16-6-5-15-10/h3-4,7,12H,2,5-6H2,1H3. The zero-order chi connectivity index (χ0) is 11.4. The van der Waals surface area contributed by atoms with Crippen molar-refractivity contribution in [3.63, 3.8) is 0 Å². The third-order valence-corrected chi connectivity index (χ3v) is 2.32. The largest absolute Gasteiger partial charge is 0.486 e. The van der Waals surface area contributed by atoms with Gasteiger partial charge >= 0.3 is 0 Å². The maximum absolute atomic E-state index is 8.97. The lowest BCUT2D eigenvalue weighted by molar-refractivity contribution is 0.101. The highest BCUT2D eigenvalue weighted by Crippen LogP contribution is 2.33. The third kappa shape index (κ3) is 2.10. The van der Waals surface area contributed by atoms with E-state index in [2.05, 4.69) is 6.07 Å². The minimum absolute atomic E-state index is 0.507. The van der Waals surface area contributed by atoms with Gasteiger partial charge in [0, 0.05) is 6.61 Å². The van der Waals surface area contributed by atoms with E-state index in [1.807, 2.05) is 19.1 Å². The van der Waals surface area contributed by atoms with Crippen molar-refractivity contribution in [1.29, 1.82) is 5.26 Å². The molecule has 0 fully saturated rings. The molecule has 0 amide bonds. The fourth-order valence-corrected chi connectivity index (χ4v) is 1.60. The highest BCUT2D eigenvalue weighted by atomic mass is 16.6. The van der Waals surface area contributed by atoms with Gasteiger partial charge < -0.3 is 14.2 Å². The second kappa shape index (κ2) is 4.86. The van der Waals surface area contributed by atoms with E-state index in [1.165, 1.54) is 0 Å². The first-order chi connectivity index (χ1) is 7.85. The summed E-state index contributed by atoms with van der Waals surface area (Å²) in [4.78, 5) is 0. The molecule has 1 unspecified atom stereocenters. The van der Waals surface area contributed by atoms with Gasteiger partial charge in [0.2, 0.25) is 0 Å². The summed E-state index contributed by atoms with van der Waals surface area (Å²) in [6.45, 7) is 3.48. The van der Waals surface area contributed by atoms with Crippen molar-refractivity contribution in [2.75, 3.05) is 19.8 Å². The van der Waals surface area contributed by atoms with E-state index in [-0.39, 0.29) is 0 Å². The van der Waals surface area contributed by atoms with Crippen molar-refractivity contribution in [3.8, 4) is 17.6 Å². The lowest BCUT2D eigenvalue weighted by Gasteiger charge is -2.19. The van der Waals surface area contributed by atoms with Crippen molar-refractivity contribution in [1.82, 2.24) is 0 Å². The fourth-order valence-electron chi connectivity index (χ4n) is 1.60. The van der Waals surface area contributed by atoms with Gasteiger partial charge in [-0.1, -0.05) is 6.07 Å². The number of hydrogen-bond donors (Lipinski definition) is 0. The Balaban J connectivity index is 2.25. The van der Waals surface area contributed by atoms with Gasteiger partial charge in [-0.2, -0.15) is 5.26 Å². The average molecular weight is 219 g/mol. The molecule has 84 valence electrons. The predicted octanol–water partition coefficient (Wildman–Crippen LogP) is 2.06. The summed E-state index contributed by atoms with van der Waals surface area (Å²) in [7, 11) is 0. The van der Waals surface area contributed by atoms with Gasteiger partial charge in [-0.05, 0) is 24.6 Å². The van der Waals surface area contributed by atoms with Crippen LogP contribution >= 0.6 is 0 Å². The van der Waals surface area contributed by atoms with Crippen LogP contribution in [0.1, 0.15) is 18.6 Å². The molecule has 0 aliphatic carbocycles. The van der Waals surface area contributed by atoms with Gasteiger partial charge in [-0.15, -0.1) is 0 Å². The molecule has 0 aromatic heterocycles. The molecule has 0 radical (unpaired) electrons. The van der Waals surface area contributed by atoms with Gasteiger partial charge in [0.25, 0.3) is 0 Å². The highest BCUT2D eigenvalue weighted by molar-refractivity contribution is 5.45. The molecule has 1 aliphatic heterocycles. The first-order valence-electron chi connectivity index (χ1n) is 5.26. The number of rotatable bonds is 3. The van der Waals surface area contributed by atoms with E-state index < -0.39 is 6.10 Å². The van der Waals surface area contributed by atoms with Crippen molar-refractivity contribution in [2.24, 2.45) is 0 Å². The average Bonchev–Trinajstić information content (AvgIpc) is 2.35. The molecule has 1 aliphatic rings. The van der Waals surface area contributed by atoms with E-state index in [0.29, 0.717) is 25.6 Å². The number of hydrogen-bond acceptors (Lipinski definition) is 4. The van der Waals surface area contributed by atoms with Gasteiger partial charge in [-0.3, -0.25) is 0 Å². The van der Waals surface area contributed by atoms with Crippen LogP contribution in [0, 0.1) is 11.3 Å². The SMILES string of the molecule is CCOC(C#N)c1ccc2c(c1)OCCO2. The number of nitriles is 1. The van der Waals surface area contributed by atoms with Crippen LogP contribution in [0.2, 0.25) is 0 Å². The molecule has 16 heavy (non-hydrogen) atoms. The maximum Gasteiger partial charge on any atom is 0.169 e. The lowest BCUT2D eigenvalue weighted by Crippen LogP contribution is -2.15. The van der Waals surface area contributed by atoms with Crippen LogP contribution in [0.15, 0.2) is 18.2 Å². The van der Waals surface area contributed by atoms with Crippen LogP contribution in [0.3, 0.4) is 0 Å². The van der Waals surface area contributed by atoms with Crippen LogP contribution in [0.4, 0.5) is 0 Å². The van der Waals surface area contributed by atoms with E-state index >= 15 is 0 Å². The molecule has 0 bridgehead atoms. The third-order valence-electron chi connectivity index (χ3n) is 2.32. The van der Waals surface area contributed by atoms with Crippen LogP contribution in [-0.4, -0.2) is 19.8 Å². The molecule has 2 rings (SSSR count). The minimum Gasteiger partial charge on any atom is -0.486 e. The van der Waals surface area contributed by atoms with Crippen LogP contribution in [0.5, 0.6) is 11.5 Å². The Kier molecular flexibility index (Phi) is 3.28. The molecule has 0 saturated heterocycles. The smallest absolute Gasteiger partial charge is 0.169 e. The van der Waals surface area contributed by atoms with Crippen molar-refractivity contribution in [3.05, 3.63) is 23.8 Å². The zero-order valence-corrected chi connectivity index (χ0v) is 9.10. The van der Waals surface area contributed by atoms with Gasteiger partial charge in [-0.25, -0.2) is 0 Å². The summed E-state index contributed by atoms with van der Waals surface area (Å²) in [5.41, 5.74) is 0.800. The summed E-state index contributed by atoms with van der Waals surface area (Å²) in [6, 6.07) is 7.55. The first kappa shape index (κ1) is 10.8.